The van der Waals surface area contributed by atoms with E-state index in [9.17, 15) is 14.4 Å². The molecule has 3 heterocycles. The summed E-state index contributed by atoms with van der Waals surface area (Å²) in [6.45, 7) is 0.544. The van der Waals surface area contributed by atoms with E-state index in [1.807, 2.05) is 54.6 Å². The van der Waals surface area contributed by atoms with Crippen LogP contribution in [0.4, 0.5) is 4.79 Å². The van der Waals surface area contributed by atoms with E-state index >= 15 is 0 Å². The fourth-order valence-electron chi connectivity index (χ4n) is 4.61. The summed E-state index contributed by atoms with van der Waals surface area (Å²) >= 11 is 3.44. The Kier molecular flexibility index (Phi) is 7.04. The van der Waals surface area contributed by atoms with E-state index in [1.165, 1.54) is 10.0 Å². The minimum absolute atomic E-state index is 0.0935. The molecule has 2 aromatic carbocycles. The van der Waals surface area contributed by atoms with Crippen molar-refractivity contribution < 1.29 is 19.1 Å². The molecule has 0 saturated carbocycles. The maximum absolute atomic E-state index is 13.6. The Bertz CT molecular complexity index is 1250. The number of benzene rings is 2. The summed E-state index contributed by atoms with van der Waals surface area (Å²) in [6.07, 6.45) is 2.79. The molecule has 36 heavy (non-hydrogen) atoms. The Morgan fingerprint density at radius 3 is 2.67 bits per heavy atom. The first-order valence-electron chi connectivity index (χ1n) is 11.9. The molecule has 0 bridgehead atoms. The number of ether oxygens (including phenoxy) is 1. The number of hydrogen-bond acceptors (Lipinski definition) is 5. The second-order valence-corrected chi connectivity index (χ2v) is 9.76. The van der Waals surface area contributed by atoms with Crippen LogP contribution in [0.2, 0.25) is 0 Å². The minimum Gasteiger partial charge on any atom is -0.445 e. The number of imidazole rings is 1. The number of hydrazine groups is 1. The van der Waals surface area contributed by atoms with E-state index in [0.717, 1.165) is 27.7 Å². The zero-order valence-electron chi connectivity index (χ0n) is 19.5. The molecule has 2 N–H and O–H groups in total. The predicted octanol–water partition coefficient (Wildman–Crippen LogP) is 4.34. The molecular weight excluding hydrogens is 526 g/mol. The van der Waals surface area contributed by atoms with Gasteiger partial charge >= 0.3 is 6.09 Å². The van der Waals surface area contributed by atoms with Gasteiger partial charge in [0.15, 0.2) is 0 Å². The number of rotatable bonds is 5. The van der Waals surface area contributed by atoms with Gasteiger partial charge in [-0.15, -0.1) is 0 Å². The summed E-state index contributed by atoms with van der Waals surface area (Å²) in [7, 11) is 0. The second-order valence-electron chi connectivity index (χ2n) is 8.84. The second kappa shape index (κ2) is 10.5. The van der Waals surface area contributed by atoms with Crippen molar-refractivity contribution in [2.24, 2.45) is 0 Å². The molecule has 0 radical (unpaired) electrons. The van der Waals surface area contributed by atoms with E-state index in [4.69, 9.17) is 4.74 Å². The number of carbonyl (C=O) groups excluding carboxylic acids is 3. The Balaban J connectivity index is 1.33. The van der Waals surface area contributed by atoms with Crippen LogP contribution in [0.15, 0.2) is 65.3 Å². The van der Waals surface area contributed by atoms with Crippen molar-refractivity contribution in [2.75, 3.05) is 6.54 Å². The molecular formula is C26H26BrN5O4. The molecule has 2 fully saturated rings. The van der Waals surface area contributed by atoms with Gasteiger partial charge in [0.1, 0.15) is 24.5 Å². The van der Waals surface area contributed by atoms with E-state index < -0.39 is 18.2 Å². The van der Waals surface area contributed by atoms with Gasteiger partial charge in [-0.1, -0.05) is 58.4 Å². The van der Waals surface area contributed by atoms with Gasteiger partial charge in [0, 0.05) is 17.4 Å². The fourth-order valence-corrected chi connectivity index (χ4v) is 4.87. The summed E-state index contributed by atoms with van der Waals surface area (Å²) in [5, 5.41) is 5.66. The largest absolute Gasteiger partial charge is 0.445 e. The molecule has 3 amide bonds. The molecule has 5 rings (SSSR count). The van der Waals surface area contributed by atoms with Crippen molar-refractivity contribution in [3.05, 3.63) is 76.7 Å². The fraction of sp³-hybridized carbons (Fsp3) is 0.308. The molecule has 2 aliphatic rings. The normalized spacial score (nSPS) is 20.0. The van der Waals surface area contributed by atoms with Crippen LogP contribution in [0, 0.1) is 0 Å². The van der Waals surface area contributed by atoms with Crippen LogP contribution in [0.25, 0.3) is 11.3 Å². The van der Waals surface area contributed by atoms with Crippen LogP contribution in [-0.2, 0) is 20.9 Å². The SMILES string of the molecule is O=C(NC1CCC(=O)N2CCCC(c3ncc(-c4ccc(Br)cc4)[nH]3)N2C1=O)OCc1ccccc1. The van der Waals surface area contributed by atoms with Gasteiger partial charge < -0.3 is 15.0 Å². The lowest BCUT2D eigenvalue weighted by Gasteiger charge is -2.43. The van der Waals surface area contributed by atoms with Crippen molar-refractivity contribution in [3.63, 3.8) is 0 Å². The maximum Gasteiger partial charge on any atom is 0.408 e. The molecule has 9 nitrogen and oxygen atoms in total. The van der Waals surface area contributed by atoms with Crippen molar-refractivity contribution in [1.82, 2.24) is 25.3 Å². The molecule has 2 atom stereocenters. The van der Waals surface area contributed by atoms with Crippen molar-refractivity contribution >= 4 is 33.8 Å². The first-order valence-corrected chi connectivity index (χ1v) is 12.7. The lowest BCUT2D eigenvalue weighted by molar-refractivity contribution is -0.174. The number of alkyl carbamates (subject to hydrolysis) is 1. The number of aromatic amines is 1. The van der Waals surface area contributed by atoms with Gasteiger partial charge in [-0.3, -0.25) is 14.6 Å². The van der Waals surface area contributed by atoms with Gasteiger partial charge in [0.05, 0.1) is 11.9 Å². The number of amides is 3. The van der Waals surface area contributed by atoms with Gasteiger partial charge in [0.2, 0.25) is 5.91 Å². The molecule has 1 aromatic heterocycles. The average molecular weight is 552 g/mol. The first kappa shape index (κ1) is 24.1. The highest BCUT2D eigenvalue weighted by atomic mass is 79.9. The topological polar surface area (TPSA) is 108 Å². The quantitative estimate of drug-likeness (QED) is 0.490. The maximum atomic E-state index is 13.6. The van der Waals surface area contributed by atoms with Crippen LogP contribution < -0.4 is 5.32 Å². The Labute approximate surface area is 216 Å². The van der Waals surface area contributed by atoms with Crippen LogP contribution in [0.5, 0.6) is 0 Å². The Morgan fingerprint density at radius 1 is 1.11 bits per heavy atom. The van der Waals surface area contributed by atoms with Crippen LogP contribution in [0.1, 0.15) is 43.1 Å². The molecule has 2 saturated heterocycles. The lowest BCUT2D eigenvalue weighted by atomic mass is 10.1. The lowest BCUT2D eigenvalue weighted by Crippen LogP contribution is -2.57. The van der Waals surface area contributed by atoms with E-state index in [1.54, 1.807) is 6.20 Å². The van der Waals surface area contributed by atoms with Crippen molar-refractivity contribution in [1.29, 1.82) is 0 Å². The van der Waals surface area contributed by atoms with E-state index in [0.29, 0.717) is 18.8 Å². The number of fused-ring (bicyclic) bond motifs is 1. The van der Waals surface area contributed by atoms with Crippen molar-refractivity contribution in [3.8, 4) is 11.3 Å². The monoisotopic (exact) mass is 551 g/mol. The number of carbonyl (C=O) groups is 3. The number of nitrogens with zero attached hydrogens (tertiary/aromatic N) is 3. The summed E-state index contributed by atoms with van der Waals surface area (Å²) in [6, 6.07) is 15.8. The molecule has 3 aromatic rings. The molecule has 186 valence electrons. The summed E-state index contributed by atoms with van der Waals surface area (Å²) in [4.78, 5) is 47.0. The average Bonchev–Trinajstić information content (AvgIpc) is 3.36. The first-order chi connectivity index (χ1) is 17.5. The molecule has 10 heteroatoms. The van der Waals surface area contributed by atoms with Gasteiger partial charge in [-0.2, -0.15) is 0 Å². The molecule has 0 aliphatic carbocycles. The molecule has 2 aliphatic heterocycles. The highest BCUT2D eigenvalue weighted by Gasteiger charge is 2.43. The Morgan fingerprint density at radius 2 is 1.89 bits per heavy atom. The summed E-state index contributed by atoms with van der Waals surface area (Å²) in [5.41, 5.74) is 2.63. The van der Waals surface area contributed by atoms with E-state index in [-0.39, 0.29) is 31.3 Å². The number of hydrogen-bond donors (Lipinski definition) is 2. The molecule has 2 unspecified atom stereocenters. The number of nitrogens with one attached hydrogen (secondary N) is 2. The van der Waals surface area contributed by atoms with Crippen LogP contribution in [-0.4, -0.2) is 50.5 Å². The van der Waals surface area contributed by atoms with Gasteiger partial charge in [-0.25, -0.2) is 14.8 Å². The van der Waals surface area contributed by atoms with Crippen molar-refractivity contribution in [2.45, 2.75) is 44.4 Å². The zero-order valence-corrected chi connectivity index (χ0v) is 21.1. The zero-order chi connectivity index (χ0) is 25.1. The number of halogens is 1. The van der Waals surface area contributed by atoms with E-state index in [2.05, 4.69) is 31.2 Å². The van der Waals surface area contributed by atoms with Crippen LogP contribution >= 0.6 is 15.9 Å². The standard InChI is InChI=1S/C26H26BrN5O4/c27-19-10-8-18(9-11-19)21-15-28-24(29-21)22-7-4-14-31-23(33)13-12-20(25(34)32(22)31)30-26(35)36-16-17-5-2-1-3-6-17/h1-3,5-6,8-11,15,20,22H,4,7,12-14,16H2,(H,28,29)(H,30,35). The summed E-state index contributed by atoms with van der Waals surface area (Å²) < 4.78 is 6.29. The summed E-state index contributed by atoms with van der Waals surface area (Å²) in [5.74, 6) is 0.115. The van der Waals surface area contributed by atoms with Crippen LogP contribution in [0.3, 0.4) is 0 Å². The number of H-pyrrole nitrogens is 1. The third-order valence-corrected chi connectivity index (χ3v) is 6.96. The van der Waals surface area contributed by atoms with Gasteiger partial charge in [-0.05, 0) is 42.5 Å². The Hall–Kier alpha value is -3.66. The predicted molar refractivity (Wildman–Crippen MR) is 135 cm³/mol. The molecule has 0 spiro atoms. The minimum atomic E-state index is -0.872. The smallest absolute Gasteiger partial charge is 0.408 e. The van der Waals surface area contributed by atoms with Gasteiger partial charge in [0.25, 0.3) is 5.91 Å². The highest BCUT2D eigenvalue weighted by Crippen LogP contribution is 2.34. The third kappa shape index (κ3) is 5.13. The highest BCUT2D eigenvalue weighted by molar-refractivity contribution is 9.10. The number of aromatic nitrogens is 2. The third-order valence-electron chi connectivity index (χ3n) is 6.43.